The van der Waals surface area contributed by atoms with E-state index in [1.54, 1.807) is 55.0 Å². The van der Waals surface area contributed by atoms with Crippen LogP contribution in [0.25, 0.3) is 5.76 Å². The summed E-state index contributed by atoms with van der Waals surface area (Å²) in [5.41, 5.74) is 1.03. The molecule has 1 N–H and O–H groups in total. The molecule has 2 heterocycles. The Morgan fingerprint density at radius 3 is 2.58 bits per heavy atom. The number of ether oxygens (including phenoxy) is 3. The van der Waals surface area contributed by atoms with Crippen molar-refractivity contribution in [3.63, 3.8) is 0 Å². The van der Waals surface area contributed by atoms with Crippen LogP contribution in [0.15, 0.2) is 66.8 Å². The number of hydrogen-bond donors (Lipinski definition) is 1. The first-order chi connectivity index (χ1) is 17.5. The Kier molecular flexibility index (Phi) is 7.58. The highest BCUT2D eigenvalue weighted by molar-refractivity contribution is 6.46. The van der Waals surface area contributed by atoms with E-state index in [4.69, 9.17) is 14.2 Å². The van der Waals surface area contributed by atoms with Gasteiger partial charge in [0.15, 0.2) is 11.5 Å². The molecule has 3 aromatic rings. The van der Waals surface area contributed by atoms with Crippen molar-refractivity contribution in [1.82, 2.24) is 14.5 Å². The molecule has 4 rings (SSSR count). The number of methoxy groups -OCH3 is 2. The van der Waals surface area contributed by atoms with E-state index < -0.39 is 17.7 Å². The number of ketones is 1. The minimum absolute atomic E-state index is 0.0158. The molecule has 0 spiro atoms. The quantitative estimate of drug-likeness (QED) is 0.261. The fourth-order valence-electron chi connectivity index (χ4n) is 4.35. The Bertz CT molecular complexity index is 1270. The third kappa shape index (κ3) is 4.91. The van der Waals surface area contributed by atoms with Crippen molar-refractivity contribution < 1.29 is 28.9 Å². The summed E-state index contributed by atoms with van der Waals surface area (Å²) in [6.07, 6.45) is 5.82. The van der Waals surface area contributed by atoms with Gasteiger partial charge in [0.1, 0.15) is 11.5 Å². The highest BCUT2D eigenvalue weighted by Gasteiger charge is 2.46. The fourth-order valence-corrected chi connectivity index (χ4v) is 4.35. The molecular weight excluding hydrogens is 462 g/mol. The molecule has 0 radical (unpaired) electrons. The highest BCUT2D eigenvalue weighted by atomic mass is 16.5. The number of likely N-dealkylation sites (tertiary alicyclic amines) is 1. The molecule has 2 aromatic carbocycles. The van der Waals surface area contributed by atoms with E-state index in [1.165, 1.54) is 19.1 Å². The van der Waals surface area contributed by atoms with E-state index in [0.29, 0.717) is 54.5 Å². The SMILES string of the molecule is CCOc1ccc(C2/C(=C(\O)c3cccc(OC)c3)C(=O)C(=O)N2CCCn2ccnc2)cc1OC. The van der Waals surface area contributed by atoms with Gasteiger partial charge in [-0.25, -0.2) is 4.98 Å². The molecule has 188 valence electrons. The summed E-state index contributed by atoms with van der Waals surface area (Å²) in [4.78, 5) is 32.0. The highest BCUT2D eigenvalue weighted by Crippen LogP contribution is 2.42. The number of nitrogens with zero attached hydrogens (tertiary/aromatic N) is 3. The smallest absolute Gasteiger partial charge is 0.295 e. The largest absolute Gasteiger partial charge is 0.507 e. The van der Waals surface area contributed by atoms with E-state index in [1.807, 2.05) is 17.7 Å². The Morgan fingerprint density at radius 1 is 1.06 bits per heavy atom. The maximum Gasteiger partial charge on any atom is 0.295 e. The second-order valence-corrected chi connectivity index (χ2v) is 8.22. The monoisotopic (exact) mass is 491 g/mol. The molecule has 1 aromatic heterocycles. The lowest BCUT2D eigenvalue weighted by atomic mass is 9.95. The Labute approximate surface area is 209 Å². The molecule has 1 amide bonds. The van der Waals surface area contributed by atoms with Crippen LogP contribution in [0.5, 0.6) is 17.2 Å². The van der Waals surface area contributed by atoms with Gasteiger partial charge in [-0.3, -0.25) is 9.59 Å². The molecule has 1 fully saturated rings. The number of rotatable bonds is 10. The van der Waals surface area contributed by atoms with Crippen LogP contribution in [0.4, 0.5) is 0 Å². The van der Waals surface area contributed by atoms with Gasteiger partial charge >= 0.3 is 0 Å². The summed E-state index contributed by atoms with van der Waals surface area (Å²) >= 11 is 0. The first-order valence-corrected chi connectivity index (χ1v) is 11.7. The van der Waals surface area contributed by atoms with E-state index in [-0.39, 0.29) is 11.3 Å². The van der Waals surface area contributed by atoms with E-state index in [9.17, 15) is 14.7 Å². The number of hydrogen-bond acceptors (Lipinski definition) is 7. The number of aryl methyl sites for hydroxylation is 1. The molecule has 0 bridgehead atoms. The van der Waals surface area contributed by atoms with Crippen molar-refractivity contribution in [2.75, 3.05) is 27.4 Å². The topological polar surface area (TPSA) is 103 Å². The average molecular weight is 492 g/mol. The van der Waals surface area contributed by atoms with E-state index in [0.717, 1.165) is 0 Å². The number of aromatic nitrogens is 2. The van der Waals surface area contributed by atoms with Gasteiger partial charge in [-0.15, -0.1) is 0 Å². The van der Waals surface area contributed by atoms with Crippen molar-refractivity contribution in [3.8, 4) is 17.2 Å². The standard InChI is InChI=1S/C27H29N3O6/c1-4-36-21-10-9-18(16-22(21)35-3)24-23(25(31)19-7-5-8-20(15-19)34-2)26(32)27(33)30(24)13-6-12-29-14-11-28-17-29/h5,7-11,14-17,24,31H,4,6,12-13H2,1-3H3/b25-23+. The number of aliphatic hydroxyl groups is 1. The van der Waals surface area contributed by atoms with Crippen LogP contribution in [-0.2, 0) is 16.1 Å². The second kappa shape index (κ2) is 11.0. The van der Waals surface area contributed by atoms with Gasteiger partial charge in [0, 0.05) is 31.0 Å². The van der Waals surface area contributed by atoms with Crippen molar-refractivity contribution >= 4 is 17.4 Å². The molecule has 1 aliphatic rings. The maximum absolute atomic E-state index is 13.3. The summed E-state index contributed by atoms with van der Waals surface area (Å²) in [5, 5.41) is 11.3. The zero-order valence-corrected chi connectivity index (χ0v) is 20.5. The normalized spacial score (nSPS) is 16.9. The molecule has 1 aliphatic heterocycles. The molecule has 0 saturated carbocycles. The first-order valence-electron chi connectivity index (χ1n) is 11.7. The number of imidazole rings is 1. The van der Waals surface area contributed by atoms with E-state index >= 15 is 0 Å². The Morgan fingerprint density at radius 2 is 1.89 bits per heavy atom. The number of benzene rings is 2. The van der Waals surface area contributed by atoms with Gasteiger partial charge in [-0.05, 0) is 43.2 Å². The first kappa shape index (κ1) is 24.8. The van der Waals surface area contributed by atoms with Crippen LogP contribution >= 0.6 is 0 Å². The van der Waals surface area contributed by atoms with Crippen LogP contribution in [0.2, 0.25) is 0 Å². The summed E-state index contributed by atoms with van der Waals surface area (Å²) in [7, 11) is 3.05. The molecule has 0 aliphatic carbocycles. The number of aliphatic hydroxyl groups excluding tert-OH is 1. The molecule has 1 saturated heterocycles. The van der Waals surface area contributed by atoms with Crippen LogP contribution in [0.1, 0.15) is 30.5 Å². The zero-order valence-electron chi connectivity index (χ0n) is 20.5. The van der Waals surface area contributed by atoms with Gasteiger partial charge in [-0.1, -0.05) is 18.2 Å². The predicted molar refractivity (Wildman–Crippen MR) is 133 cm³/mol. The van der Waals surface area contributed by atoms with Gasteiger partial charge in [0.05, 0.1) is 38.8 Å². The van der Waals surface area contributed by atoms with Gasteiger partial charge in [0.2, 0.25) is 0 Å². The molecular formula is C27H29N3O6. The van der Waals surface area contributed by atoms with Crippen LogP contribution < -0.4 is 14.2 Å². The molecule has 9 heteroatoms. The Balaban J connectivity index is 1.78. The summed E-state index contributed by atoms with van der Waals surface area (Å²) in [5.74, 6) is -0.123. The molecule has 9 nitrogen and oxygen atoms in total. The van der Waals surface area contributed by atoms with Crippen molar-refractivity contribution in [1.29, 1.82) is 0 Å². The molecule has 1 atom stereocenters. The summed E-state index contributed by atoms with van der Waals surface area (Å²) in [6, 6.07) is 11.2. The lowest BCUT2D eigenvalue weighted by Gasteiger charge is -2.26. The van der Waals surface area contributed by atoms with Gasteiger partial charge in [-0.2, -0.15) is 0 Å². The third-order valence-corrected chi connectivity index (χ3v) is 6.06. The molecule has 1 unspecified atom stereocenters. The lowest BCUT2D eigenvalue weighted by molar-refractivity contribution is -0.139. The average Bonchev–Trinajstić information content (AvgIpc) is 3.51. The number of carbonyl (C=O) groups is 2. The third-order valence-electron chi connectivity index (χ3n) is 6.06. The number of carbonyl (C=O) groups excluding carboxylic acids is 2. The second-order valence-electron chi connectivity index (χ2n) is 8.22. The number of amides is 1. The number of Topliss-reactive ketones (excluding diaryl/α,β-unsaturated/α-hetero) is 1. The van der Waals surface area contributed by atoms with Crippen LogP contribution in [0, 0.1) is 0 Å². The van der Waals surface area contributed by atoms with Crippen molar-refractivity contribution in [3.05, 3.63) is 77.9 Å². The summed E-state index contributed by atoms with van der Waals surface area (Å²) in [6.45, 7) is 3.25. The Hall–Kier alpha value is -4.27. The lowest BCUT2D eigenvalue weighted by Crippen LogP contribution is -2.31. The van der Waals surface area contributed by atoms with Crippen LogP contribution in [-0.4, -0.2) is 58.6 Å². The predicted octanol–water partition coefficient (Wildman–Crippen LogP) is 3.81. The van der Waals surface area contributed by atoms with E-state index in [2.05, 4.69) is 4.98 Å². The van der Waals surface area contributed by atoms with Crippen molar-refractivity contribution in [2.45, 2.75) is 25.9 Å². The van der Waals surface area contributed by atoms with Gasteiger partial charge < -0.3 is 28.8 Å². The fraction of sp³-hybridized carbons (Fsp3) is 0.296. The summed E-state index contributed by atoms with van der Waals surface area (Å²) < 4.78 is 18.3. The zero-order chi connectivity index (χ0) is 25.7. The van der Waals surface area contributed by atoms with Crippen LogP contribution in [0.3, 0.4) is 0 Å². The maximum atomic E-state index is 13.3. The van der Waals surface area contributed by atoms with Crippen molar-refractivity contribution in [2.24, 2.45) is 0 Å². The minimum Gasteiger partial charge on any atom is -0.507 e. The molecule has 36 heavy (non-hydrogen) atoms. The minimum atomic E-state index is -0.802. The van der Waals surface area contributed by atoms with Gasteiger partial charge in [0.25, 0.3) is 11.7 Å².